The lowest BCUT2D eigenvalue weighted by atomic mass is 10.2. The van der Waals surface area contributed by atoms with Crippen molar-refractivity contribution in [3.8, 4) is 5.82 Å². The fraction of sp³-hybridized carbons (Fsp3) is 0.150. The van der Waals surface area contributed by atoms with Crippen molar-refractivity contribution < 1.29 is 22.8 Å². The number of alkyl halides is 3. The van der Waals surface area contributed by atoms with Crippen LogP contribution < -0.4 is 11.4 Å². The van der Waals surface area contributed by atoms with E-state index in [1.807, 2.05) is 6.92 Å². The highest BCUT2D eigenvalue weighted by Crippen LogP contribution is 2.30. The van der Waals surface area contributed by atoms with Gasteiger partial charge in [0, 0.05) is 18.6 Å². The molecule has 4 aromatic rings. The maximum atomic E-state index is 13.8. The van der Waals surface area contributed by atoms with Crippen LogP contribution in [0.15, 0.2) is 53.5 Å². The van der Waals surface area contributed by atoms with Crippen LogP contribution >= 0.6 is 0 Å². The van der Waals surface area contributed by atoms with Crippen molar-refractivity contribution in [2.75, 3.05) is 5.73 Å². The first-order valence-corrected chi connectivity index (χ1v) is 9.15. The third-order valence-electron chi connectivity index (χ3n) is 4.58. The smallest absolute Gasteiger partial charge is 0.416 e. The largest absolute Gasteiger partial charge is 0.423 e. The van der Waals surface area contributed by atoms with E-state index in [1.54, 1.807) is 4.57 Å². The minimum Gasteiger partial charge on any atom is -0.423 e. The van der Waals surface area contributed by atoms with Crippen molar-refractivity contribution in [1.82, 2.24) is 19.3 Å². The van der Waals surface area contributed by atoms with Crippen LogP contribution in [-0.2, 0) is 12.6 Å². The van der Waals surface area contributed by atoms with Crippen molar-refractivity contribution in [1.29, 1.82) is 0 Å². The van der Waals surface area contributed by atoms with Crippen LogP contribution in [0.5, 0.6) is 0 Å². The number of rotatable bonds is 3. The van der Waals surface area contributed by atoms with E-state index in [1.165, 1.54) is 24.3 Å². The lowest BCUT2D eigenvalue weighted by Gasteiger charge is -2.10. The molecule has 11 heteroatoms. The maximum absolute atomic E-state index is 13.8. The molecule has 0 spiro atoms. The van der Waals surface area contributed by atoms with Crippen molar-refractivity contribution in [2.24, 2.45) is 4.99 Å². The third kappa shape index (κ3) is 3.81. The molecule has 2 aromatic carbocycles. The Hall–Kier alpha value is -3.89. The van der Waals surface area contributed by atoms with Gasteiger partial charge in [-0.2, -0.15) is 18.2 Å². The number of hydrogen-bond acceptors (Lipinski definition) is 5. The second kappa shape index (κ2) is 7.42. The number of imidazole rings is 1. The van der Waals surface area contributed by atoms with Gasteiger partial charge in [-0.3, -0.25) is 4.57 Å². The van der Waals surface area contributed by atoms with E-state index in [0.717, 1.165) is 24.3 Å². The molecule has 0 aliphatic heterocycles. The highest BCUT2D eigenvalue weighted by atomic mass is 19.4. The molecule has 0 unspecified atom stereocenters. The Balaban J connectivity index is 1.89. The second-order valence-corrected chi connectivity index (χ2v) is 6.66. The Morgan fingerprint density at radius 2 is 1.77 bits per heavy atom. The van der Waals surface area contributed by atoms with E-state index >= 15 is 0 Å². The van der Waals surface area contributed by atoms with E-state index in [0.29, 0.717) is 28.0 Å². The number of nitrogen functional groups attached to an aromatic ring is 1. The van der Waals surface area contributed by atoms with Crippen LogP contribution in [0.3, 0.4) is 0 Å². The summed E-state index contributed by atoms with van der Waals surface area (Å²) >= 11 is 0. The van der Waals surface area contributed by atoms with Crippen molar-refractivity contribution in [2.45, 2.75) is 19.5 Å². The summed E-state index contributed by atoms with van der Waals surface area (Å²) in [6.07, 6.45) is -3.98. The first-order valence-electron chi connectivity index (χ1n) is 9.15. The number of anilines is 1. The van der Waals surface area contributed by atoms with Crippen molar-refractivity contribution in [3.63, 3.8) is 0 Å². The van der Waals surface area contributed by atoms with Crippen LogP contribution in [0.1, 0.15) is 18.3 Å². The Kier molecular flexibility index (Phi) is 4.88. The number of halogens is 4. The van der Waals surface area contributed by atoms with Gasteiger partial charge in [-0.25, -0.2) is 14.4 Å². The quantitative estimate of drug-likeness (QED) is 0.378. The summed E-state index contributed by atoms with van der Waals surface area (Å²) in [7, 11) is 0. The van der Waals surface area contributed by atoms with Gasteiger partial charge in [0.15, 0.2) is 0 Å². The fourth-order valence-electron chi connectivity index (χ4n) is 3.11. The lowest BCUT2D eigenvalue weighted by molar-refractivity contribution is -0.137. The summed E-state index contributed by atoms with van der Waals surface area (Å²) in [6.45, 7) is 1.86. The molecule has 160 valence electrons. The first kappa shape index (κ1) is 20.4. The molecular formula is C20H16F4N6O. The summed E-state index contributed by atoms with van der Waals surface area (Å²) in [5.74, 6) is 0.199. The molecule has 7 nitrogen and oxygen atoms in total. The molecule has 0 bridgehead atoms. The summed E-state index contributed by atoms with van der Waals surface area (Å²) in [5.41, 5.74) is 5.90. The van der Waals surface area contributed by atoms with Crippen molar-refractivity contribution in [3.05, 3.63) is 71.4 Å². The monoisotopic (exact) mass is 432 g/mol. The fourth-order valence-corrected chi connectivity index (χ4v) is 3.11. The maximum Gasteiger partial charge on any atom is 0.416 e. The molecule has 2 heterocycles. The van der Waals surface area contributed by atoms with Crippen LogP contribution in [-0.4, -0.2) is 24.5 Å². The van der Waals surface area contributed by atoms with Gasteiger partial charge in [0.1, 0.15) is 23.3 Å². The molecule has 0 amide bonds. The predicted molar refractivity (Wildman–Crippen MR) is 104 cm³/mol. The number of fused-ring (bicyclic) bond motifs is 1. The van der Waals surface area contributed by atoms with Gasteiger partial charge < -0.3 is 10.9 Å². The molecule has 0 radical (unpaired) electrons. The number of aromatic nitrogens is 4. The Morgan fingerprint density at radius 3 is 2.42 bits per heavy atom. The van der Waals surface area contributed by atoms with E-state index in [9.17, 15) is 22.8 Å². The summed E-state index contributed by atoms with van der Waals surface area (Å²) in [5, 5.41) is 10.2. The second-order valence-electron chi connectivity index (χ2n) is 6.66. The highest BCUT2D eigenvalue weighted by Gasteiger charge is 2.29. The number of aryl methyl sites for hydroxylation is 1. The molecule has 0 aliphatic rings. The molecular weight excluding hydrogens is 416 g/mol. The SMILES string of the molecule is CCc1nc2ccc(F)cc2n1-c1cc(N)n(O)c(=Nc2ccc(C(F)(F)F)cc2)n1. The van der Waals surface area contributed by atoms with E-state index in [4.69, 9.17) is 5.73 Å². The highest BCUT2D eigenvalue weighted by molar-refractivity contribution is 5.78. The zero-order chi connectivity index (χ0) is 22.3. The van der Waals surface area contributed by atoms with E-state index < -0.39 is 17.6 Å². The summed E-state index contributed by atoms with van der Waals surface area (Å²) in [6, 6.07) is 9.51. The van der Waals surface area contributed by atoms with Gasteiger partial charge in [0.25, 0.3) is 5.62 Å². The average molecular weight is 432 g/mol. The van der Waals surface area contributed by atoms with Crippen LogP contribution in [0.25, 0.3) is 16.9 Å². The Bertz CT molecular complexity index is 1340. The molecule has 2 aromatic heterocycles. The number of nitrogens with zero attached hydrogens (tertiary/aromatic N) is 5. The van der Waals surface area contributed by atoms with Gasteiger partial charge >= 0.3 is 6.18 Å². The average Bonchev–Trinajstić information content (AvgIpc) is 3.08. The normalized spacial score (nSPS) is 12.6. The number of benzene rings is 2. The molecule has 0 atom stereocenters. The van der Waals surface area contributed by atoms with Crippen molar-refractivity contribution >= 4 is 22.5 Å². The minimum atomic E-state index is -4.48. The predicted octanol–water partition coefficient (Wildman–Crippen LogP) is 3.99. The Morgan fingerprint density at radius 1 is 1.06 bits per heavy atom. The van der Waals surface area contributed by atoms with Gasteiger partial charge in [0.05, 0.1) is 22.3 Å². The summed E-state index contributed by atoms with van der Waals surface area (Å²) in [4.78, 5) is 12.8. The van der Waals surface area contributed by atoms with Gasteiger partial charge in [-0.05, 0) is 36.4 Å². The topological polar surface area (TPSA) is 94.2 Å². The zero-order valence-corrected chi connectivity index (χ0v) is 16.1. The van der Waals surface area contributed by atoms with Crippen LogP contribution in [0.4, 0.5) is 29.1 Å². The molecule has 31 heavy (non-hydrogen) atoms. The molecule has 0 aliphatic carbocycles. The minimum absolute atomic E-state index is 0.122. The van der Waals surface area contributed by atoms with E-state index in [2.05, 4.69) is 15.0 Å². The van der Waals surface area contributed by atoms with Crippen LogP contribution in [0.2, 0.25) is 0 Å². The van der Waals surface area contributed by atoms with Gasteiger partial charge in [-0.15, -0.1) is 4.73 Å². The summed E-state index contributed by atoms with van der Waals surface area (Å²) < 4.78 is 54.2. The lowest BCUT2D eigenvalue weighted by Crippen LogP contribution is -2.26. The number of nitrogens with two attached hydrogens (primary N) is 1. The molecule has 0 saturated heterocycles. The molecule has 4 rings (SSSR count). The first-order chi connectivity index (χ1) is 14.7. The van der Waals surface area contributed by atoms with Gasteiger partial charge in [0.2, 0.25) is 0 Å². The van der Waals surface area contributed by atoms with E-state index in [-0.39, 0.29) is 22.9 Å². The Labute approximate surface area is 172 Å². The molecule has 0 fully saturated rings. The third-order valence-corrected chi connectivity index (χ3v) is 4.58. The van der Waals surface area contributed by atoms with Gasteiger partial charge in [-0.1, -0.05) is 6.92 Å². The number of hydrogen-bond donors (Lipinski definition) is 2. The zero-order valence-electron chi connectivity index (χ0n) is 16.1. The standard InChI is InChI=1S/C20H16F4N6O/c1-2-17-27-14-8-5-12(21)9-15(14)29(17)18-10-16(25)30(31)19(28-18)26-13-6-3-11(4-7-13)20(22,23)24/h3-10,31H,2,25H2,1H3. The molecule has 3 N–H and O–H groups in total. The van der Waals surface area contributed by atoms with Crippen LogP contribution in [0, 0.1) is 5.82 Å². The molecule has 0 saturated carbocycles.